The molecule has 3 aromatic heterocycles. The maximum atomic E-state index is 12.8. The number of nitriles is 1. The third-order valence-electron chi connectivity index (χ3n) is 4.48. The van der Waals surface area contributed by atoms with E-state index in [0.29, 0.717) is 16.5 Å². The number of rotatable bonds is 8. The van der Waals surface area contributed by atoms with Crippen LogP contribution in [0.4, 0.5) is 5.00 Å². The Morgan fingerprint density at radius 2 is 2.06 bits per heavy atom. The highest BCUT2D eigenvalue weighted by atomic mass is 32.2. The highest BCUT2D eigenvalue weighted by molar-refractivity contribution is 7.98. The number of carbonyl (C=O) groups excluding carboxylic acids is 2. The van der Waals surface area contributed by atoms with Crippen molar-refractivity contribution < 1.29 is 23.6 Å². The molecule has 0 aliphatic carbocycles. The number of aryl methyl sites for hydroxylation is 2. The van der Waals surface area contributed by atoms with Gasteiger partial charge in [0.2, 0.25) is 0 Å². The van der Waals surface area contributed by atoms with E-state index in [2.05, 4.69) is 10.1 Å². The first kappa shape index (κ1) is 23.3. The summed E-state index contributed by atoms with van der Waals surface area (Å²) < 4.78 is 15.6. The summed E-state index contributed by atoms with van der Waals surface area (Å²) in [4.78, 5) is 29.5. The molecule has 0 spiro atoms. The molecule has 0 aromatic carbocycles. The number of nitrogens with zero attached hydrogens (tertiary/aromatic N) is 3. The topological polar surface area (TPSA) is 141 Å². The Balaban J connectivity index is 1.78. The molecule has 0 amide bonds. The lowest BCUT2D eigenvalue weighted by molar-refractivity contribution is 0.0448. The van der Waals surface area contributed by atoms with Gasteiger partial charge < -0.3 is 19.7 Å². The molecule has 2 N–H and O–H groups in total. The number of ether oxygens (including phenoxy) is 2. The predicted octanol–water partition coefficient (Wildman–Crippen LogP) is 4.03. The fourth-order valence-electron chi connectivity index (χ4n) is 2.83. The molecule has 0 radical (unpaired) electrons. The minimum atomic E-state index is -0.636. The molecule has 0 atom stereocenters. The minimum Gasteiger partial charge on any atom is -0.462 e. The predicted molar refractivity (Wildman–Crippen MR) is 118 cm³/mol. The molecule has 0 unspecified atom stereocenters. The van der Waals surface area contributed by atoms with Crippen molar-refractivity contribution in [2.45, 2.75) is 38.2 Å². The second kappa shape index (κ2) is 10.3. The lowest BCUT2D eigenvalue weighted by atomic mass is 10.1. The van der Waals surface area contributed by atoms with E-state index in [1.165, 1.54) is 11.8 Å². The number of hydrogen-bond donors (Lipinski definition) is 1. The van der Waals surface area contributed by atoms with Crippen LogP contribution >= 0.6 is 23.1 Å². The van der Waals surface area contributed by atoms with Gasteiger partial charge >= 0.3 is 11.9 Å². The molecule has 0 bridgehead atoms. The number of esters is 2. The summed E-state index contributed by atoms with van der Waals surface area (Å²) in [7, 11) is 0. The van der Waals surface area contributed by atoms with E-state index in [9.17, 15) is 14.9 Å². The summed E-state index contributed by atoms with van der Waals surface area (Å²) >= 11 is 2.28. The van der Waals surface area contributed by atoms with Crippen molar-refractivity contribution in [2.75, 3.05) is 12.3 Å². The number of anilines is 1. The fourth-order valence-corrected chi connectivity index (χ4v) is 4.88. The van der Waals surface area contributed by atoms with Gasteiger partial charge in [0.1, 0.15) is 33.3 Å². The van der Waals surface area contributed by atoms with Gasteiger partial charge in [-0.2, -0.15) is 5.26 Å². The van der Waals surface area contributed by atoms with Crippen molar-refractivity contribution in [1.29, 1.82) is 5.26 Å². The van der Waals surface area contributed by atoms with E-state index in [1.807, 2.05) is 19.9 Å². The molecule has 3 rings (SSSR count). The number of pyridine rings is 1. The summed E-state index contributed by atoms with van der Waals surface area (Å²) in [6, 6.07) is 5.19. The van der Waals surface area contributed by atoms with Crippen LogP contribution in [0.1, 0.15) is 55.1 Å². The van der Waals surface area contributed by atoms with E-state index in [4.69, 9.17) is 19.7 Å². The second-order valence-electron chi connectivity index (χ2n) is 6.50. The normalized spacial score (nSPS) is 10.6. The zero-order valence-corrected chi connectivity index (χ0v) is 19.3. The number of thioether (sulfide) groups is 1. The SMILES string of the molecule is CCOC(=O)c1sc(N)c(C#N)c1COC(=O)c1cccnc1SCc1c(C)noc1C. The molecule has 0 aliphatic heterocycles. The Labute approximate surface area is 192 Å². The maximum Gasteiger partial charge on any atom is 0.348 e. The summed E-state index contributed by atoms with van der Waals surface area (Å²) in [5.41, 5.74) is 8.18. The molecule has 166 valence electrons. The Morgan fingerprint density at radius 3 is 2.72 bits per heavy atom. The van der Waals surface area contributed by atoms with Crippen LogP contribution < -0.4 is 5.73 Å². The van der Waals surface area contributed by atoms with Crippen molar-refractivity contribution in [1.82, 2.24) is 10.1 Å². The Hall–Kier alpha value is -3.36. The van der Waals surface area contributed by atoms with Crippen LogP contribution in [0, 0.1) is 25.2 Å². The molecule has 9 nitrogen and oxygen atoms in total. The number of nitrogens with two attached hydrogens (primary N) is 1. The number of hydrogen-bond acceptors (Lipinski definition) is 11. The van der Waals surface area contributed by atoms with Crippen molar-refractivity contribution >= 4 is 40.0 Å². The van der Waals surface area contributed by atoms with Gasteiger partial charge in [-0.05, 0) is 32.9 Å². The molecular formula is C21H20N4O5S2. The van der Waals surface area contributed by atoms with Crippen LogP contribution in [0.15, 0.2) is 27.9 Å². The summed E-state index contributed by atoms with van der Waals surface area (Å²) in [6.45, 7) is 5.21. The first-order chi connectivity index (χ1) is 15.4. The average Bonchev–Trinajstić information content (AvgIpc) is 3.28. The van der Waals surface area contributed by atoms with Crippen LogP contribution in [-0.4, -0.2) is 28.7 Å². The van der Waals surface area contributed by atoms with E-state index in [1.54, 1.807) is 25.3 Å². The summed E-state index contributed by atoms with van der Waals surface area (Å²) in [5, 5.41) is 14.0. The third-order valence-corrected chi connectivity index (χ3v) is 6.55. The van der Waals surface area contributed by atoms with Crippen molar-refractivity contribution in [3.8, 4) is 6.07 Å². The lowest BCUT2D eigenvalue weighted by Crippen LogP contribution is -2.11. The van der Waals surface area contributed by atoms with Gasteiger partial charge in [-0.1, -0.05) is 5.16 Å². The average molecular weight is 473 g/mol. The first-order valence-corrected chi connectivity index (χ1v) is 11.3. The lowest BCUT2D eigenvalue weighted by Gasteiger charge is -2.09. The van der Waals surface area contributed by atoms with Gasteiger partial charge in [-0.3, -0.25) is 0 Å². The van der Waals surface area contributed by atoms with E-state index in [0.717, 1.165) is 22.6 Å². The van der Waals surface area contributed by atoms with Gasteiger partial charge in [0.25, 0.3) is 0 Å². The van der Waals surface area contributed by atoms with Gasteiger partial charge in [-0.25, -0.2) is 14.6 Å². The molecule has 0 saturated heterocycles. The molecular weight excluding hydrogens is 452 g/mol. The molecule has 0 fully saturated rings. The van der Waals surface area contributed by atoms with E-state index < -0.39 is 11.9 Å². The van der Waals surface area contributed by atoms with E-state index in [-0.39, 0.29) is 39.8 Å². The Bertz CT molecular complexity index is 1180. The van der Waals surface area contributed by atoms with Gasteiger partial charge in [0.05, 0.1) is 23.4 Å². The van der Waals surface area contributed by atoms with Crippen LogP contribution in [0.25, 0.3) is 0 Å². The summed E-state index contributed by atoms with van der Waals surface area (Å²) in [5.74, 6) is -0.0252. The molecule has 0 aliphatic rings. The van der Waals surface area contributed by atoms with Crippen LogP contribution in [0.5, 0.6) is 0 Å². The highest BCUT2D eigenvalue weighted by Crippen LogP contribution is 2.32. The summed E-state index contributed by atoms with van der Waals surface area (Å²) in [6.07, 6.45) is 1.58. The Kier molecular flexibility index (Phi) is 7.50. The van der Waals surface area contributed by atoms with Crippen molar-refractivity contribution in [3.05, 3.63) is 56.9 Å². The zero-order chi connectivity index (χ0) is 23.3. The van der Waals surface area contributed by atoms with Gasteiger partial charge in [0.15, 0.2) is 0 Å². The molecule has 0 saturated carbocycles. The van der Waals surface area contributed by atoms with Gasteiger partial charge in [0, 0.05) is 23.1 Å². The van der Waals surface area contributed by atoms with Crippen LogP contribution in [-0.2, 0) is 21.8 Å². The van der Waals surface area contributed by atoms with Crippen LogP contribution in [0.2, 0.25) is 0 Å². The number of aromatic nitrogens is 2. The molecule has 3 aromatic rings. The molecule has 11 heteroatoms. The number of nitrogen functional groups attached to an aromatic ring is 1. The second-order valence-corrected chi connectivity index (χ2v) is 8.52. The minimum absolute atomic E-state index is 0.102. The fraction of sp³-hybridized carbons (Fsp3) is 0.286. The third kappa shape index (κ3) is 4.92. The Morgan fingerprint density at radius 1 is 1.28 bits per heavy atom. The van der Waals surface area contributed by atoms with Crippen LogP contribution in [0.3, 0.4) is 0 Å². The maximum absolute atomic E-state index is 12.8. The molecule has 32 heavy (non-hydrogen) atoms. The number of thiophene rings is 1. The van der Waals surface area contributed by atoms with Gasteiger partial charge in [-0.15, -0.1) is 23.1 Å². The largest absolute Gasteiger partial charge is 0.462 e. The smallest absolute Gasteiger partial charge is 0.348 e. The number of carbonyl (C=O) groups is 2. The highest BCUT2D eigenvalue weighted by Gasteiger charge is 2.25. The zero-order valence-electron chi connectivity index (χ0n) is 17.6. The standard InChI is InChI=1S/C21H20N4O5S2/c1-4-28-21(27)17-15(14(8-22)18(23)32-17)9-29-20(26)13-6-5-7-24-19(13)31-10-16-11(2)25-30-12(16)3/h5-7H,4,9-10,23H2,1-3H3. The first-order valence-electron chi connectivity index (χ1n) is 9.52. The van der Waals surface area contributed by atoms with Crippen molar-refractivity contribution in [2.24, 2.45) is 0 Å². The van der Waals surface area contributed by atoms with Crippen molar-refractivity contribution in [3.63, 3.8) is 0 Å². The quantitative estimate of drug-likeness (QED) is 0.377. The molecule has 3 heterocycles. The monoisotopic (exact) mass is 472 g/mol. The van der Waals surface area contributed by atoms with E-state index >= 15 is 0 Å².